The van der Waals surface area contributed by atoms with Crippen molar-refractivity contribution in [3.8, 4) is 11.6 Å². The van der Waals surface area contributed by atoms with Gasteiger partial charge in [-0.25, -0.2) is 8.78 Å². The van der Waals surface area contributed by atoms with Crippen molar-refractivity contribution in [2.45, 2.75) is 13.8 Å². The highest BCUT2D eigenvalue weighted by Gasteiger charge is 2.14. The molecule has 3 nitrogen and oxygen atoms in total. The van der Waals surface area contributed by atoms with Crippen LogP contribution < -0.4 is 10.1 Å². The predicted molar refractivity (Wildman–Crippen MR) is 74.6 cm³/mol. The average molecular weight is 299 g/mol. The maximum atomic E-state index is 13.7. The molecule has 0 aliphatic rings. The quantitative estimate of drug-likeness (QED) is 0.899. The van der Waals surface area contributed by atoms with Crippen LogP contribution in [-0.2, 0) is 0 Å². The highest BCUT2D eigenvalue weighted by molar-refractivity contribution is 6.32. The summed E-state index contributed by atoms with van der Waals surface area (Å²) >= 11 is 6.00. The van der Waals surface area contributed by atoms with Crippen molar-refractivity contribution in [1.29, 1.82) is 0 Å². The summed E-state index contributed by atoms with van der Waals surface area (Å²) in [6, 6.07) is 5.79. The number of aromatic nitrogens is 1. The number of rotatable bonds is 4. The third-order valence-corrected chi connectivity index (χ3v) is 2.83. The van der Waals surface area contributed by atoms with Gasteiger partial charge in [-0.2, -0.15) is 4.98 Å². The normalized spacial score (nSPS) is 10.4. The van der Waals surface area contributed by atoms with E-state index in [0.717, 1.165) is 11.6 Å². The van der Waals surface area contributed by atoms with Gasteiger partial charge in [0.15, 0.2) is 17.5 Å². The molecule has 2 aromatic rings. The molecule has 20 heavy (non-hydrogen) atoms. The highest BCUT2D eigenvalue weighted by Crippen LogP contribution is 2.31. The van der Waals surface area contributed by atoms with Crippen molar-refractivity contribution in [2.24, 2.45) is 0 Å². The summed E-state index contributed by atoms with van der Waals surface area (Å²) in [7, 11) is 0. The molecule has 0 saturated carbocycles. The Morgan fingerprint density at radius 3 is 2.65 bits per heavy atom. The second kappa shape index (κ2) is 6.05. The van der Waals surface area contributed by atoms with Gasteiger partial charge in [0.05, 0.1) is 5.02 Å². The molecule has 6 heteroatoms. The Labute approximate surface area is 120 Å². The summed E-state index contributed by atoms with van der Waals surface area (Å²) in [5.41, 5.74) is 0.947. The molecular formula is C14H13ClF2N2O. The Morgan fingerprint density at radius 1 is 1.25 bits per heavy atom. The molecule has 0 spiro atoms. The maximum Gasteiger partial charge on any atom is 0.258 e. The van der Waals surface area contributed by atoms with Crippen molar-refractivity contribution in [3.05, 3.63) is 46.5 Å². The first-order valence-electron chi connectivity index (χ1n) is 6.05. The Hall–Kier alpha value is -1.88. The molecule has 0 fully saturated rings. The number of pyridine rings is 1. The number of anilines is 1. The lowest BCUT2D eigenvalue weighted by atomic mass is 10.2. The van der Waals surface area contributed by atoms with Crippen LogP contribution in [0.4, 0.5) is 14.6 Å². The lowest BCUT2D eigenvalue weighted by molar-refractivity contribution is 0.418. The summed E-state index contributed by atoms with van der Waals surface area (Å²) in [5.74, 6) is -1.79. The summed E-state index contributed by atoms with van der Waals surface area (Å²) < 4.78 is 32.4. The zero-order valence-corrected chi connectivity index (χ0v) is 11.8. The van der Waals surface area contributed by atoms with Crippen LogP contribution in [0.2, 0.25) is 5.02 Å². The van der Waals surface area contributed by atoms with E-state index in [9.17, 15) is 8.78 Å². The van der Waals surface area contributed by atoms with Crippen LogP contribution in [0.25, 0.3) is 0 Å². The maximum absolute atomic E-state index is 13.7. The van der Waals surface area contributed by atoms with Crippen LogP contribution in [0.1, 0.15) is 12.5 Å². The molecule has 106 valence electrons. The fraction of sp³-hybridized carbons (Fsp3) is 0.214. The number of benzene rings is 1. The van der Waals surface area contributed by atoms with Gasteiger partial charge in [-0.15, -0.1) is 0 Å². The van der Waals surface area contributed by atoms with Gasteiger partial charge in [-0.05, 0) is 31.5 Å². The monoisotopic (exact) mass is 298 g/mol. The van der Waals surface area contributed by atoms with E-state index in [-0.39, 0.29) is 17.4 Å². The fourth-order valence-electron chi connectivity index (χ4n) is 1.61. The number of nitrogens with zero attached hydrogens (tertiary/aromatic N) is 1. The Balaban J connectivity index is 2.35. The van der Waals surface area contributed by atoms with E-state index in [0.29, 0.717) is 11.6 Å². The van der Waals surface area contributed by atoms with Gasteiger partial charge in [0.2, 0.25) is 0 Å². The minimum atomic E-state index is -0.888. The van der Waals surface area contributed by atoms with Crippen molar-refractivity contribution in [2.75, 3.05) is 11.9 Å². The molecule has 0 radical (unpaired) electrons. The zero-order chi connectivity index (χ0) is 14.7. The van der Waals surface area contributed by atoms with Gasteiger partial charge >= 0.3 is 0 Å². The second-order valence-electron chi connectivity index (χ2n) is 4.17. The number of nitrogens with one attached hydrogen (secondary N) is 1. The van der Waals surface area contributed by atoms with Gasteiger partial charge in [-0.3, -0.25) is 0 Å². The van der Waals surface area contributed by atoms with Crippen molar-refractivity contribution >= 4 is 17.4 Å². The van der Waals surface area contributed by atoms with Crippen molar-refractivity contribution < 1.29 is 13.5 Å². The Bertz CT molecular complexity index is 635. The number of ether oxygens (including phenoxy) is 1. The van der Waals surface area contributed by atoms with E-state index in [1.165, 1.54) is 0 Å². The molecule has 0 atom stereocenters. The number of hydrogen-bond donors (Lipinski definition) is 1. The van der Waals surface area contributed by atoms with Crippen LogP contribution in [0.15, 0.2) is 24.3 Å². The molecule has 0 aliphatic heterocycles. The van der Waals surface area contributed by atoms with E-state index in [1.807, 2.05) is 6.92 Å². The average Bonchev–Trinajstić information content (AvgIpc) is 2.38. The molecule has 1 N–H and O–H groups in total. The van der Waals surface area contributed by atoms with Crippen LogP contribution in [0, 0.1) is 18.6 Å². The van der Waals surface area contributed by atoms with Gasteiger partial charge < -0.3 is 10.1 Å². The summed E-state index contributed by atoms with van der Waals surface area (Å²) in [6.45, 7) is 4.11. The van der Waals surface area contributed by atoms with Gasteiger partial charge in [0, 0.05) is 12.6 Å². The van der Waals surface area contributed by atoms with E-state index in [2.05, 4.69) is 10.3 Å². The van der Waals surface area contributed by atoms with Gasteiger partial charge in [-0.1, -0.05) is 17.7 Å². The van der Waals surface area contributed by atoms with Crippen molar-refractivity contribution in [3.63, 3.8) is 0 Å². The minimum absolute atomic E-state index is 0.0628. The lowest BCUT2D eigenvalue weighted by Gasteiger charge is -2.10. The van der Waals surface area contributed by atoms with Crippen LogP contribution >= 0.6 is 11.6 Å². The third kappa shape index (κ3) is 3.17. The zero-order valence-electron chi connectivity index (χ0n) is 11.0. The van der Waals surface area contributed by atoms with Gasteiger partial charge in [0.1, 0.15) is 5.75 Å². The van der Waals surface area contributed by atoms with Crippen LogP contribution in [-0.4, -0.2) is 11.5 Å². The Kier molecular flexibility index (Phi) is 4.39. The molecular weight excluding hydrogens is 286 g/mol. The predicted octanol–water partition coefficient (Wildman–Crippen LogP) is 4.55. The first-order valence-corrected chi connectivity index (χ1v) is 6.43. The lowest BCUT2D eigenvalue weighted by Crippen LogP contribution is -2.04. The minimum Gasteiger partial charge on any atom is -0.435 e. The first-order chi connectivity index (χ1) is 9.51. The highest BCUT2D eigenvalue weighted by atomic mass is 35.5. The molecule has 1 aromatic heterocycles. The summed E-state index contributed by atoms with van der Waals surface area (Å²) in [4.78, 5) is 3.78. The number of hydrogen-bond acceptors (Lipinski definition) is 3. The first kappa shape index (κ1) is 14.5. The molecule has 0 aliphatic carbocycles. The molecule has 0 amide bonds. The van der Waals surface area contributed by atoms with Crippen LogP contribution in [0.3, 0.4) is 0 Å². The van der Waals surface area contributed by atoms with E-state index in [4.69, 9.17) is 16.3 Å². The molecule has 1 heterocycles. The second-order valence-corrected chi connectivity index (χ2v) is 4.58. The van der Waals surface area contributed by atoms with Crippen molar-refractivity contribution in [1.82, 2.24) is 4.98 Å². The molecule has 2 rings (SSSR count). The van der Waals surface area contributed by atoms with E-state index in [1.54, 1.807) is 25.1 Å². The standard InChI is InChI=1S/C14H13ClF2N2O/c1-3-18-13-10(16)7-11(17)14(19-13)20-12-5-4-8(2)6-9(12)15/h4-7H,3H2,1-2H3,(H,18,19). The molecule has 0 unspecified atom stereocenters. The van der Waals surface area contributed by atoms with E-state index >= 15 is 0 Å². The molecule has 0 saturated heterocycles. The largest absolute Gasteiger partial charge is 0.435 e. The molecule has 1 aromatic carbocycles. The van der Waals surface area contributed by atoms with E-state index < -0.39 is 11.6 Å². The number of halogens is 3. The topological polar surface area (TPSA) is 34.2 Å². The molecule has 0 bridgehead atoms. The smallest absolute Gasteiger partial charge is 0.258 e. The summed E-state index contributed by atoms with van der Waals surface area (Å²) in [5, 5.41) is 3.02. The summed E-state index contributed by atoms with van der Waals surface area (Å²) in [6.07, 6.45) is 0. The third-order valence-electron chi connectivity index (χ3n) is 2.54. The number of aryl methyl sites for hydroxylation is 1. The van der Waals surface area contributed by atoms with Crippen LogP contribution in [0.5, 0.6) is 11.6 Å². The fourth-order valence-corrected chi connectivity index (χ4v) is 1.88. The van der Waals surface area contributed by atoms with Gasteiger partial charge in [0.25, 0.3) is 5.88 Å². The Morgan fingerprint density at radius 2 is 2.00 bits per heavy atom. The SMILES string of the molecule is CCNc1nc(Oc2ccc(C)cc2Cl)c(F)cc1F.